The quantitative estimate of drug-likeness (QED) is 0.886. The fourth-order valence-electron chi connectivity index (χ4n) is 1.82. The Morgan fingerprint density at radius 3 is 2.81 bits per heavy atom. The zero-order valence-electron chi connectivity index (χ0n) is 12.7. The molecule has 0 aliphatic rings. The van der Waals surface area contributed by atoms with Crippen LogP contribution in [0.1, 0.15) is 32.7 Å². The van der Waals surface area contributed by atoms with Crippen molar-refractivity contribution in [1.29, 1.82) is 0 Å². The summed E-state index contributed by atoms with van der Waals surface area (Å²) in [6.45, 7) is 6.10. The predicted octanol–water partition coefficient (Wildman–Crippen LogP) is 2.32. The van der Waals surface area contributed by atoms with Crippen molar-refractivity contribution >= 4 is 17.2 Å². The van der Waals surface area contributed by atoms with Crippen LogP contribution in [-0.2, 0) is 4.79 Å². The van der Waals surface area contributed by atoms with E-state index in [0.29, 0.717) is 11.8 Å². The number of thiophene rings is 1. The van der Waals surface area contributed by atoms with Gasteiger partial charge in [-0.1, -0.05) is 6.07 Å². The van der Waals surface area contributed by atoms with E-state index in [-0.39, 0.29) is 24.5 Å². The van der Waals surface area contributed by atoms with Gasteiger partial charge in [0.05, 0.1) is 17.5 Å². The molecule has 0 aliphatic carbocycles. The van der Waals surface area contributed by atoms with Crippen molar-refractivity contribution in [3.8, 4) is 10.8 Å². The Balaban J connectivity index is 1.99. The van der Waals surface area contributed by atoms with Crippen molar-refractivity contribution in [1.82, 2.24) is 20.4 Å². The smallest absolute Gasteiger partial charge is 0.257 e. The van der Waals surface area contributed by atoms with E-state index in [1.165, 1.54) is 0 Å². The first-order valence-corrected chi connectivity index (χ1v) is 7.72. The van der Waals surface area contributed by atoms with Crippen LogP contribution in [0.3, 0.4) is 0 Å². The van der Waals surface area contributed by atoms with Crippen LogP contribution in [0.5, 0.6) is 0 Å². The molecule has 2 aromatic heterocycles. The molecule has 2 heterocycles. The first-order valence-electron chi connectivity index (χ1n) is 6.84. The summed E-state index contributed by atoms with van der Waals surface area (Å²) < 4.78 is 5.69. The minimum Gasteiger partial charge on any atom is -0.418 e. The van der Waals surface area contributed by atoms with Crippen LogP contribution in [0, 0.1) is 0 Å². The maximum atomic E-state index is 11.8. The number of rotatable bonds is 6. The molecule has 0 unspecified atom stereocenters. The van der Waals surface area contributed by atoms with Crippen molar-refractivity contribution in [2.75, 3.05) is 13.6 Å². The Bertz CT molecular complexity index is 580. The van der Waals surface area contributed by atoms with E-state index in [9.17, 15) is 4.79 Å². The van der Waals surface area contributed by atoms with Gasteiger partial charge < -0.3 is 9.73 Å². The van der Waals surface area contributed by atoms with Gasteiger partial charge in [0.25, 0.3) is 5.89 Å². The summed E-state index contributed by atoms with van der Waals surface area (Å²) in [6, 6.07) is 3.89. The molecule has 2 aromatic rings. The molecule has 1 N–H and O–H groups in total. The molecule has 114 valence electrons. The molecular formula is C14H20N4O2S. The summed E-state index contributed by atoms with van der Waals surface area (Å²) in [4.78, 5) is 14.6. The Labute approximate surface area is 128 Å². The van der Waals surface area contributed by atoms with Crippen LogP contribution in [0.4, 0.5) is 0 Å². The Hall–Kier alpha value is -1.73. The van der Waals surface area contributed by atoms with Gasteiger partial charge in [0.1, 0.15) is 0 Å². The number of hydrogen-bond donors (Lipinski definition) is 1. The molecule has 0 bridgehead atoms. The average molecular weight is 308 g/mol. The van der Waals surface area contributed by atoms with Crippen LogP contribution < -0.4 is 5.32 Å². The number of aromatic nitrogens is 2. The molecule has 21 heavy (non-hydrogen) atoms. The summed E-state index contributed by atoms with van der Waals surface area (Å²) in [5, 5.41) is 13.0. The first-order chi connectivity index (χ1) is 9.97. The number of amides is 1. The Morgan fingerprint density at radius 1 is 1.43 bits per heavy atom. The standard InChI is InChI=1S/C14H20N4O2S/c1-9(2)15-12(19)8-18(4)10(3)13-16-17-14(20-13)11-6-5-7-21-11/h5-7,9-10H,8H2,1-4H3,(H,15,19)/t10-/m1/s1. The van der Waals surface area contributed by atoms with Crippen LogP contribution in [0.2, 0.25) is 0 Å². The van der Waals surface area contributed by atoms with Gasteiger partial charge in [0, 0.05) is 6.04 Å². The molecule has 0 saturated carbocycles. The number of carbonyl (C=O) groups excluding carboxylic acids is 1. The van der Waals surface area contributed by atoms with Gasteiger partial charge in [-0.2, -0.15) is 0 Å². The maximum Gasteiger partial charge on any atom is 0.257 e. The molecule has 0 aliphatic heterocycles. The minimum atomic E-state index is -0.121. The van der Waals surface area contributed by atoms with Gasteiger partial charge in [0.15, 0.2) is 0 Å². The fraction of sp³-hybridized carbons (Fsp3) is 0.500. The monoisotopic (exact) mass is 308 g/mol. The maximum absolute atomic E-state index is 11.8. The molecule has 0 saturated heterocycles. The first kappa shape index (κ1) is 15.7. The molecular weight excluding hydrogens is 288 g/mol. The van der Waals surface area contributed by atoms with Gasteiger partial charge in [-0.05, 0) is 39.3 Å². The van der Waals surface area contributed by atoms with E-state index >= 15 is 0 Å². The van der Waals surface area contributed by atoms with Crippen molar-refractivity contribution in [2.24, 2.45) is 0 Å². The molecule has 2 rings (SSSR count). The summed E-state index contributed by atoms with van der Waals surface area (Å²) in [5.41, 5.74) is 0. The van der Waals surface area contributed by atoms with Crippen molar-refractivity contribution in [3.63, 3.8) is 0 Å². The highest BCUT2D eigenvalue weighted by Gasteiger charge is 2.21. The van der Waals surface area contributed by atoms with E-state index in [4.69, 9.17) is 4.42 Å². The molecule has 7 heteroatoms. The van der Waals surface area contributed by atoms with Crippen LogP contribution in [-0.4, -0.2) is 40.6 Å². The lowest BCUT2D eigenvalue weighted by Crippen LogP contribution is -2.39. The molecule has 0 radical (unpaired) electrons. The highest BCUT2D eigenvalue weighted by Crippen LogP contribution is 2.26. The summed E-state index contributed by atoms with van der Waals surface area (Å²) in [6.07, 6.45) is 0. The van der Waals surface area contributed by atoms with Gasteiger partial charge in [0.2, 0.25) is 11.8 Å². The van der Waals surface area contributed by atoms with E-state index in [2.05, 4.69) is 15.5 Å². The zero-order valence-corrected chi connectivity index (χ0v) is 13.5. The molecule has 6 nitrogen and oxygen atoms in total. The lowest BCUT2D eigenvalue weighted by molar-refractivity contribution is -0.122. The lowest BCUT2D eigenvalue weighted by Gasteiger charge is -2.21. The van der Waals surface area contributed by atoms with Gasteiger partial charge in [-0.3, -0.25) is 9.69 Å². The normalized spacial score (nSPS) is 12.9. The molecule has 0 fully saturated rings. The lowest BCUT2D eigenvalue weighted by atomic mass is 10.3. The SMILES string of the molecule is CC(C)NC(=O)CN(C)[C@H](C)c1nnc(-c2cccs2)o1. The second-order valence-electron chi connectivity index (χ2n) is 5.24. The second-order valence-corrected chi connectivity index (χ2v) is 6.18. The number of hydrogen-bond acceptors (Lipinski definition) is 6. The van der Waals surface area contributed by atoms with E-state index in [0.717, 1.165) is 4.88 Å². The van der Waals surface area contributed by atoms with E-state index in [1.807, 2.05) is 50.2 Å². The number of carbonyl (C=O) groups is 1. The van der Waals surface area contributed by atoms with Crippen molar-refractivity contribution in [2.45, 2.75) is 32.9 Å². The third-order valence-corrected chi connectivity index (χ3v) is 3.89. The summed E-state index contributed by atoms with van der Waals surface area (Å²) in [7, 11) is 1.86. The third kappa shape index (κ3) is 4.12. The molecule has 1 atom stereocenters. The number of likely N-dealkylation sites (N-methyl/N-ethyl adjacent to an activating group) is 1. The summed E-state index contributed by atoms with van der Waals surface area (Å²) >= 11 is 1.55. The fourth-order valence-corrected chi connectivity index (χ4v) is 2.47. The van der Waals surface area contributed by atoms with Gasteiger partial charge >= 0.3 is 0 Å². The van der Waals surface area contributed by atoms with E-state index < -0.39 is 0 Å². The third-order valence-electron chi connectivity index (χ3n) is 3.03. The summed E-state index contributed by atoms with van der Waals surface area (Å²) in [5.74, 6) is 1.02. The highest BCUT2D eigenvalue weighted by molar-refractivity contribution is 7.13. The molecule has 1 amide bonds. The predicted molar refractivity (Wildman–Crippen MR) is 81.9 cm³/mol. The van der Waals surface area contributed by atoms with Crippen molar-refractivity contribution < 1.29 is 9.21 Å². The number of nitrogens with one attached hydrogen (secondary N) is 1. The van der Waals surface area contributed by atoms with Gasteiger partial charge in [-0.25, -0.2) is 0 Å². The Kier molecular flexibility index (Phi) is 5.08. The molecule has 0 spiro atoms. The largest absolute Gasteiger partial charge is 0.418 e. The average Bonchev–Trinajstić information content (AvgIpc) is 3.07. The molecule has 0 aromatic carbocycles. The van der Waals surface area contributed by atoms with Crippen LogP contribution in [0.15, 0.2) is 21.9 Å². The highest BCUT2D eigenvalue weighted by atomic mass is 32.1. The van der Waals surface area contributed by atoms with Crippen LogP contribution >= 0.6 is 11.3 Å². The Morgan fingerprint density at radius 2 is 2.19 bits per heavy atom. The minimum absolute atomic E-state index is 0.0163. The van der Waals surface area contributed by atoms with Crippen molar-refractivity contribution in [3.05, 3.63) is 23.4 Å². The topological polar surface area (TPSA) is 71.3 Å². The number of nitrogens with zero attached hydrogens (tertiary/aromatic N) is 3. The van der Waals surface area contributed by atoms with E-state index in [1.54, 1.807) is 11.3 Å². The second kappa shape index (κ2) is 6.82. The van der Waals surface area contributed by atoms with Crippen LogP contribution in [0.25, 0.3) is 10.8 Å². The zero-order chi connectivity index (χ0) is 15.4. The van der Waals surface area contributed by atoms with Gasteiger partial charge in [-0.15, -0.1) is 21.5 Å².